The summed E-state index contributed by atoms with van der Waals surface area (Å²) in [6.07, 6.45) is 2.43. The zero-order chi connectivity index (χ0) is 14.0. The molecular weight excluding hydrogens is 244 g/mol. The van der Waals surface area contributed by atoms with Crippen LogP contribution in [0.15, 0.2) is 0 Å². The standard InChI is InChI=1S/C14H24N2O3/c1-4-5-11-14(18)16(10-6-7-19-8-10)12(9(2)3)13(17)15-11/h9-12H,4-8H2,1-3H3,(H,15,17). The van der Waals surface area contributed by atoms with Gasteiger partial charge < -0.3 is 15.0 Å². The minimum Gasteiger partial charge on any atom is -0.379 e. The number of nitrogens with zero attached hydrogens (tertiary/aromatic N) is 1. The SMILES string of the molecule is CCCC1NC(=O)C(C(C)C)N(C2CCOC2)C1=O. The number of ether oxygens (including phenoxy) is 1. The van der Waals surface area contributed by atoms with Gasteiger partial charge in [0, 0.05) is 6.61 Å². The minimum absolute atomic E-state index is 0.0139. The molecule has 2 saturated heterocycles. The lowest BCUT2D eigenvalue weighted by Crippen LogP contribution is -2.67. The van der Waals surface area contributed by atoms with Gasteiger partial charge >= 0.3 is 0 Å². The molecule has 1 N–H and O–H groups in total. The predicted molar refractivity (Wildman–Crippen MR) is 71.5 cm³/mol. The fraction of sp³-hybridized carbons (Fsp3) is 0.857. The maximum atomic E-state index is 12.6. The summed E-state index contributed by atoms with van der Waals surface area (Å²) in [5, 5.41) is 2.88. The van der Waals surface area contributed by atoms with E-state index in [0.717, 1.165) is 12.8 Å². The average molecular weight is 268 g/mol. The van der Waals surface area contributed by atoms with Crippen molar-refractivity contribution in [2.75, 3.05) is 13.2 Å². The van der Waals surface area contributed by atoms with Crippen LogP contribution in [-0.4, -0.2) is 48.1 Å². The Kier molecular flexibility index (Phi) is 4.45. The van der Waals surface area contributed by atoms with Gasteiger partial charge in [0.25, 0.3) is 0 Å². The second kappa shape index (κ2) is 5.90. The van der Waals surface area contributed by atoms with E-state index in [0.29, 0.717) is 19.6 Å². The number of rotatable bonds is 4. The first-order valence-electron chi connectivity index (χ1n) is 7.26. The summed E-state index contributed by atoms with van der Waals surface area (Å²) in [6, 6.07) is -0.647. The number of hydrogen-bond acceptors (Lipinski definition) is 3. The monoisotopic (exact) mass is 268 g/mol. The van der Waals surface area contributed by atoms with Gasteiger partial charge in [-0.15, -0.1) is 0 Å². The van der Waals surface area contributed by atoms with Crippen LogP contribution in [0.4, 0.5) is 0 Å². The Morgan fingerprint density at radius 1 is 1.42 bits per heavy atom. The number of nitrogens with one attached hydrogen (secondary N) is 1. The largest absolute Gasteiger partial charge is 0.379 e. The van der Waals surface area contributed by atoms with Gasteiger partial charge in [-0.1, -0.05) is 27.2 Å². The fourth-order valence-corrected chi connectivity index (χ4v) is 3.02. The van der Waals surface area contributed by atoms with Crippen LogP contribution in [0.5, 0.6) is 0 Å². The average Bonchev–Trinajstić information content (AvgIpc) is 2.86. The summed E-state index contributed by atoms with van der Waals surface area (Å²) in [5.41, 5.74) is 0. The number of amides is 2. The van der Waals surface area contributed by atoms with Crippen molar-refractivity contribution >= 4 is 11.8 Å². The highest BCUT2D eigenvalue weighted by Crippen LogP contribution is 2.25. The quantitative estimate of drug-likeness (QED) is 0.825. The number of carbonyl (C=O) groups excluding carboxylic acids is 2. The van der Waals surface area contributed by atoms with E-state index in [1.807, 2.05) is 20.8 Å². The maximum absolute atomic E-state index is 12.6. The van der Waals surface area contributed by atoms with Gasteiger partial charge in [0.1, 0.15) is 12.1 Å². The molecule has 19 heavy (non-hydrogen) atoms. The highest BCUT2D eigenvalue weighted by atomic mass is 16.5. The molecule has 3 unspecified atom stereocenters. The molecule has 0 aromatic carbocycles. The molecule has 0 aliphatic carbocycles. The Labute approximate surface area is 114 Å². The molecule has 3 atom stereocenters. The van der Waals surface area contributed by atoms with E-state index in [1.54, 1.807) is 4.90 Å². The minimum atomic E-state index is -0.354. The molecule has 2 aliphatic rings. The Morgan fingerprint density at radius 2 is 2.16 bits per heavy atom. The third-order valence-corrected chi connectivity index (χ3v) is 3.95. The molecule has 2 fully saturated rings. The van der Waals surface area contributed by atoms with Crippen molar-refractivity contribution in [3.05, 3.63) is 0 Å². The summed E-state index contributed by atoms with van der Waals surface area (Å²) in [4.78, 5) is 26.7. The number of hydrogen-bond donors (Lipinski definition) is 1. The summed E-state index contributed by atoms with van der Waals surface area (Å²) in [5.74, 6) is 0.169. The molecule has 5 heteroatoms. The molecule has 0 bridgehead atoms. The molecule has 0 saturated carbocycles. The van der Waals surface area contributed by atoms with Crippen LogP contribution in [0.2, 0.25) is 0 Å². The van der Waals surface area contributed by atoms with Crippen molar-refractivity contribution in [1.29, 1.82) is 0 Å². The molecule has 2 amide bonds. The molecule has 0 aromatic rings. The van der Waals surface area contributed by atoms with Crippen LogP contribution >= 0.6 is 0 Å². The fourth-order valence-electron chi connectivity index (χ4n) is 3.02. The molecule has 108 valence electrons. The zero-order valence-electron chi connectivity index (χ0n) is 12.0. The highest BCUT2D eigenvalue weighted by molar-refractivity contribution is 5.97. The van der Waals surface area contributed by atoms with Gasteiger partial charge in [-0.3, -0.25) is 9.59 Å². The van der Waals surface area contributed by atoms with Crippen LogP contribution in [0, 0.1) is 5.92 Å². The third kappa shape index (κ3) is 2.76. The van der Waals surface area contributed by atoms with Crippen LogP contribution in [0.3, 0.4) is 0 Å². The zero-order valence-corrected chi connectivity index (χ0v) is 12.0. The lowest BCUT2D eigenvalue weighted by Gasteiger charge is -2.43. The first-order chi connectivity index (χ1) is 9.06. The molecule has 2 aliphatic heterocycles. The second-order valence-electron chi connectivity index (χ2n) is 5.80. The van der Waals surface area contributed by atoms with Gasteiger partial charge in [0.05, 0.1) is 12.6 Å². The lowest BCUT2D eigenvalue weighted by molar-refractivity contribution is -0.154. The molecule has 5 nitrogen and oxygen atoms in total. The molecule has 2 rings (SSSR count). The Balaban J connectivity index is 2.23. The van der Waals surface area contributed by atoms with E-state index in [1.165, 1.54) is 0 Å². The van der Waals surface area contributed by atoms with Crippen LogP contribution in [0.1, 0.15) is 40.0 Å². The first kappa shape index (κ1) is 14.3. The molecule has 0 spiro atoms. The summed E-state index contributed by atoms with van der Waals surface area (Å²) in [7, 11) is 0. The summed E-state index contributed by atoms with van der Waals surface area (Å²) < 4.78 is 5.39. The maximum Gasteiger partial charge on any atom is 0.246 e. The molecular formula is C14H24N2O3. The van der Waals surface area contributed by atoms with Crippen molar-refractivity contribution in [3.8, 4) is 0 Å². The Hall–Kier alpha value is -1.10. The van der Waals surface area contributed by atoms with Crippen molar-refractivity contribution < 1.29 is 14.3 Å². The molecule has 0 aromatic heterocycles. The number of carbonyl (C=O) groups is 2. The third-order valence-electron chi connectivity index (χ3n) is 3.95. The first-order valence-corrected chi connectivity index (χ1v) is 7.26. The molecule has 2 heterocycles. The second-order valence-corrected chi connectivity index (χ2v) is 5.80. The van der Waals surface area contributed by atoms with Gasteiger partial charge in [-0.25, -0.2) is 0 Å². The van der Waals surface area contributed by atoms with Crippen LogP contribution in [-0.2, 0) is 14.3 Å². The van der Waals surface area contributed by atoms with E-state index in [2.05, 4.69) is 5.32 Å². The predicted octanol–water partition coefficient (Wildman–Crippen LogP) is 0.927. The van der Waals surface area contributed by atoms with E-state index < -0.39 is 0 Å². The van der Waals surface area contributed by atoms with Crippen molar-refractivity contribution in [2.45, 2.75) is 58.2 Å². The van der Waals surface area contributed by atoms with E-state index in [9.17, 15) is 9.59 Å². The van der Waals surface area contributed by atoms with Gasteiger partial charge in [-0.05, 0) is 18.8 Å². The Morgan fingerprint density at radius 3 is 2.68 bits per heavy atom. The smallest absolute Gasteiger partial charge is 0.246 e. The van der Waals surface area contributed by atoms with Gasteiger partial charge in [0.2, 0.25) is 11.8 Å². The molecule has 0 radical (unpaired) electrons. The normalized spacial score (nSPS) is 32.0. The Bertz CT molecular complexity index is 351. The van der Waals surface area contributed by atoms with Gasteiger partial charge in [-0.2, -0.15) is 0 Å². The van der Waals surface area contributed by atoms with Crippen molar-refractivity contribution in [2.24, 2.45) is 5.92 Å². The topological polar surface area (TPSA) is 58.6 Å². The van der Waals surface area contributed by atoms with Gasteiger partial charge in [0.15, 0.2) is 0 Å². The van der Waals surface area contributed by atoms with Crippen LogP contribution in [0.25, 0.3) is 0 Å². The van der Waals surface area contributed by atoms with E-state index >= 15 is 0 Å². The number of piperazine rings is 1. The van der Waals surface area contributed by atoms with Crippen molar-refractivity contribution in [3.63, 3.8) is 0 Å². The van der Waals surface area contributed by atoms with Crippen molar-refractivity contribution in [1.82, 2.24) is 10.2 Å². The van der Waals surface area contributed by atoms with Crippen LogP contribution < -0.4 is 5.32 Å². The summed E-state index contributed by atoms with van der Waals surface area (Å²) in [6.45, 7) is 7.23. The highest BCUT2D eigenvalue weighted by Gasteiger charge is 2.45. The lowest BCUT2D eigenvalue weighted by atomic mass is 9.93. The van der Waals surface area contributed by atoms with E-state index in [4.69, 9.17) is 4.74 Å². The summed E-state index contributed by atoms with van der Waals surface area (Å²) >= 11 is 0. The van der Waals surface area contributed by atoms with E-state index in [-0.39, 0.29) is 35.9 Å².